The van der Waals surface area contributed by atoms with Crippen molar-refractivity contribution in [3.8, 4) is 0 Å². The van der Waals surface area contributed by atoms with E-state index in [4.69, 9.17) is 0 Å². The van der Waals surface area contributed by atoms with Crippen molar-refractivity contribution in [1.82, 2.24) is 5.32 Å². The number of hydrogen-bond acceptors (Lipinski definition) is 4. The van der Waals surface area contributed by atoms with Crippen molar-refractivity contribution in [2.75, 3.05) is 13.7 Å². The summed E-state index contributed by atoms with van der Waals surface area (Å²) >= 11 is 0. The van der Waals surface area contributed by atoms with Gasteiger partial charge in [-0.1, -0.05) is 0 Å². The third kappa shape index (κ3) is 2.89. The lowest BCUT2D eigenvalue weighted by molar-refractivity contribution is -0.159. The minimum absolute atomic E-state index is 0.233. The molecule has 0 saturated carbocycles. The van der Waals surface area contributed by atoms with E-state index in [1.165, 1.54) is 7.11 Å². The fourth-order valence-electron chi connectivity index (χ4n) is 1.27. The van der Waals surface area contributed by atoms with E-state index < -0.39 is 24.7 Å². The quantitative estimate of drug-likeness (QED) is 0.650. The number of esters is 1. The Hall–Kier alpha value is -0.750. The van der Waals surface area contributed by atoms with Crippen molar-refractivity contribution >= 4 is 5.97 Å². The second-order valence-corrected chi connectivity index (χ2v) is 2.74. The maximum Gasteiger partial charge on any atom is 0.345 e. The van der Waals surface area contributed by atoms with Crippen LogP contribution in [0.4, 0.5) is 8.78 Å². The van der Waals surface area contributed by atoms with E-state index in [9.17, 15) is 13.6 Å². The highest BCUT2D eigenvalue weighted by molar-refractivity contribution is 5.76. The first-order valence-electron chi connectivity index (χ1n) is 3.88. The van der Waals surface area contributed by atoms with Crippen LogP contribution in [-0.2, 0) is 14.3 Å². The minimum atomic E-state index is -2.79. The van der Waals surface area contributed by atoms with E-state index in [-0.39, 0.29) is 13.0 Å². The molecule has 0 aliphatic carbocycles. The van der Waals surface area contributed by atoms with Crippen molar-refractivity contribution in [1.29, 1.82) is 0 Å². The van der Waals surface area contributed by atoms with Gasteiger partial charge in [-0.25, -0.2) is 0 Å². The molecule has 1 heterocycles. The third-order valence-electron chi connectivity index (χ3n) is 1.87. The number of carbonyl (C=O) groups is 1. The highest BCUT2D eigenvalue weighted by Crippen LogP contribution is 2.14. The Morgan fingerprint density at radius 1 is 1.62 bits per heavy atom. The maximum atomic E-state index is 11.7. The van der Waals surface area contributed by atoms with E-state index in [2.05, 4.69) is 14.8 Å². The zero-order valence-electron chi connectivity index (χ0n) is 7.13. The van der Waals surface area contributed by atoms with Gasteiger partial charge in [0.05, 0.1) is 13.2 Å². The molecule has 0 aromatic rings. The van der Waals surface area contributed by atoms with Crippen LogP contribution in [0.25, 0.3) is 0 Å². The lowest BCUT2D eigenvalue weighted by atomic mass is 10.2. The molecule has 0 bridgehead atoms. The molecule has 1 N–H and O–H groups in total. The molecule has 0 aromatic heterocycles. The van der Waals surface area contributed by atoms with Crippen LogP contribution in [0, 0.1) is 0 Å². The van der Waals surface area contributed by atoms with Crippen LogP contribution in [0.2, 0.25) is 0 Å². The van der Waals surface area contributed by atoms with Crippen LogP contribution in [0.3, 0.4) is 0 Å². The molecule has 4 nitrogen and oxygen atoms in total. The highest BCUT2D eigenvalue weighted by atomic mass is 19.3. The van der Waals surface area contributed by atoms with Crippen molar-refractivity contribution in [2.24, 2.45) is 0 Å². The molecule has 13 heavy (non-hydrogen) atoms. The lowest BCUT2D eigenvalue weighted by Gasteiger charge is -2.09. The Morgan fingerprint density at radius 3 is 2.85 bits per heavy atom. The Kier molecular flexibility index (Phi) is 3.56. The highest BCUT2D eigenvalue weighted by Gasteiger charge is 2.32. The molecule has 1 rings (SSSR count). The van der Waals surface area contributed by atoms with Gasteiger partial charge in [0, 0.05) is 13.0 Å². The molecule has 6 heteroatoms. The topological polar surface area (TPSA) is 47.6 Å². The molecule has 2 atom stereocenters. The molecule has 1 aliphatic heterocycles. The number of halogens is 2. The molecule has 1 fully saturated rings. The summed E-state index contributed by atoms with van der Waals surface area (Å²) in [7, 11) is 1.26. The van der Waals surface area contributed by atoms with E-state index in [0.29, 0.717) is 0 Å². The van der Waals surface area contributed by atoms with Gasteiger partial charge in [-0.15, -0.1) is 0 Å². The number of rotatable bonds is 3. The van der Waals surface area contributed by atoms with Gasteiger partial charge in [-0.2, -0.15) is 8.78 Å². The van der Waals surface area contributed by atoms with Crippen LogP contribution in [0.5, 0.6) is 0 Å². The van der Waals surface area contributed by atoms with Crippen molar-refractivity contribution < 1.29 is 23.0 Å². The molecule has 0 unspecified atom stereocenters. The van der Waals surface area contributed by atoms with Crippen LogP contribution >= 0.6 is 0 Å². The van der Waals surface area contributed by atoms with Gasteiger partial charge < -0.3 is 14.8 Å². The van der Waals surface area contributed by atoms with E-state index in [1.54, 1.807) is 0 Å². The zero-order chi connectivity index (χ0) is 9.84. The molecule has 76 valence electrons. The van der Waals surface area contributed by atoms with Crippen LogP contribution in [0.1, 0.15) is 6.42 Å². The van der Waals surface area contributed by atoms with Gasteiger partial charge in [0.1, 0.15) is 6.04 Å². The summed E-state index contributed by atoms with van der Waals surface area (Å²) in [6, 6.07) is -0.520. The van der Waals surface area contributed by atoms with Crippen LogP contribution in [0.15, 0.2) is 0 Å². The first-order valence-corrected chi connectivity index (χ1v) is 3.88. The second kappa shape index (κ2) is 4.48. The molecule has 0 amide bonds. The van der Waals surface area contributed by atoms with E-state index in [1.807, 2.05) is 0 Å². The van der Waals surface area contributed by atoms with E-state index >= 15 is 0 Å². The molecule has 0 spiro atoms. The maximum absolute atomic E-state index is 11.7. The lowest BCUT2D eigenvalue weighted by Crippen LogP contribution is -2.31. The first-order chi connectivity index (χ1) is 6.13. The summed E-state index contributed by atoms with van der Waals surface area (Å²) in [6.45, 7) is -2.53. The molecule has 1 aliphatic rings. The molecule has 0 aromatic carbocycles. The van der Waals surface area contributed by atoms with Gasteiger partial charge in [0.15, 0.2) is 0 Å². The Morgan fingerprint density at radius 2 is 2.31 bits per heavy atom. The molecular formula is C7H11F2NO3. The first kappa shape index (κ1) is 10.3. The SMILES string of the molecule is COC(=O)[C@H]1C[C@H](OC(F)F)CN1. The standard InChI is InChI=1S/C7H11F2NO3/c1-12-6(11)5-2-4(3-10-5)13-7(8)9/h4-5,7,10H,2-3H2,1H3/t4-,5+/m0/s1. The second-order valence-electron chi connectivity index (χ2n) is 2.74. The summed E-state index contributed by atoms with van der Waals surface area (Å²) in [5.41, 5.74) is 0. The Balaban J connectivity index is 2.32. The Labute approximate surface area is 74.2 Å². The molecule has 0 radical (unpaired) electrons. The number of carbonyl (C=O) groups excluding carboxylic acids is 1. The van der Waals surface area contributed by atoms with Gasteiger partial charge in [0.2, 0.25) is 0 Å². The fraction of sp³-hybridized carbons (Fsp3) is 0.857. The number of nitrogens with one attached hydrogen (secondary N) is 1. The fourth-order valence-corrected chi connectivity index (χ4v) is 1.27. The summed E-state index contributed by atoms with van der Waals surface area (Å²) in [5, 5.41) is 2.73. The number of alkyl halides is 2. The van der Waals surface area contributed by atoms with Gasteiger partial charge >= 0.3 is 12.6 Å². The van der Waals surface area contributed by atoms with Gasteiger partial charge in [-0.3, -0.25) is 4.79 Å². The van der Waals surface area contributed by atoms with Crippen molar-refractivity contribution in [3.05, 3.63) is 0 Å². The zero-order valence-corrected chi connectivity index (χ0v) is 7.13. The van der Waals surface area contributed by atoms with Gasteiger partial charge in [0.25, 0.3) is 0 Å². The number of methoxy groups -OCH3 is 1. The van der Waals surface area contributed by atoms with Crippen LogP contribution < -0.4 is 5.32 Å². The van der Waals surface area contributed by atoms with Crippen LogP contribution in [-0.4, -0.2) is 38.4 Å². The van der Waals surface area contributed by atoms with Crippen molar-refractivity contribution in [2.45, 2.75) is 25.2 Å². The molecule has 1 saturated heterocycles. The third-order valence-corrected chi connectivity index (χ3v) is 1.87. The Bertz CT molecular complexity index is 189. The van der Waals surface area contributed by atoms with E-state index in [0.717, 1.165) is 0 Å². The smallest absolute Gasteiger partial charge is 0.345 e. The summed E-state index contributed by atoms with van der Waals surface area (Å²) in [5.74, 6) is -0.444. The summed E-state index contributed by atoms with van der Waals surface area (Å²) < 4.78 is 32.1. The largest absolute Gasteiger partial charge is 0.468 e. The predicted octanol–water partition coefficient (Wildman–Crippen LogP) is 0.129. The van der Waals surface area contributed by atoms with Gasteiger partial charge in [-0.05, 0) is 0 Å². The minimum Gasteiger partial charge on any atom is -0.468 e. The monoisotopic (exact) mass is 195 g/mol. The number of hydrogen-bond donors (Lipinski definition) is 1. The molecular weight excluding hydrogens is 184 g/mol. The summed E-state index contributed by atoms with van der Waals surface area (Å²) in [4.78, 5) is 10.9. The van der Waals surface area contributed by atoms with Crippen molar-refractivity contribution in [3.63, 3.8) is 0 Å². The normalized spacial score (nSPS) is 28.0. The predicted molar refractivity (Wildman–Crippen MR) is 39.3 cm³/mol. The average Bonchev–Trinajstić information content (AvgIpc) is 2.50. The number of ether oxygens (including phenoxy) is 2. The average molecular weight is 195 g/mol. The summed E-state index contributed by atoms with van der Waals surface area (Å²) in [6.07, 6.45) is -0.374.